The standard InChI is InChI=1S/C19H25F3N4OS/c1-5-23-17(24-10-16-26-15(11-28-16)19(20,21)22)25-12-18(2,3)13-7-6-8-14(9-13)27-4/h6-9,11H,5,10,12H2,1-4H3,(H2,23,24,25). The number of methoxy groups -OCH3 is 1. The molecule has 1 heterocycles. The molecule has 9 heteroatoms. The lowest BCUT2D eigenvalue weighted by Crippen LogP contribution is -2.43. The zero-order valence-corrected chi connectivity index (χ0v) is 17.2. The van der Waals surface area contributed by atoms with Crippen molar-refractivity contribution in [2.45, 2.75) is 38.9 Å². The predicted molar refractivity (Wildman–Crippen MR) is 106 cm³/mol. The Labute approximate surface area is 167 Å². The summed E-state index contributed by atoms with van der Waals surface area (Å²) in [6.07, 6.45) is -4.43. The third kappa shape index (κ3) is 6.12. The van der Waals surface area contributed by atoms with E-state index in [1.165, 1.54) is 0 Å². The second kappa shape index (κ2) is 9.27. The molecule has 0 saturated heterocycles. The molecular weight excluding hydrogens is 389 g/mol. The van der Waals surface area contributed by atoms with E-state index in [0.29, 0.717) is 24.1 Å². The van der Waals surface area contributed by atoms with E-state index >= 15 is 0 Å². The summed E-state index contributed by atoms with van der Waals surface area (Å²) in [6, 6.07) is 7.85. The number of nitrogens with one attached hydrogen (secondary N) is 2. The van der Waals surface area contributed by atoms with E-state index in [2.05, 4.69) is 34.5 Å². The van der Waals surface area contributed by atoms with Crippen molar-refractivity contribution in [2.75, 3.05) is 20.2 Å². The van der Waals surface area contributed by atoms with Crippen molar-refractivity contribution in [3.63, 3.8) is 0 Å². The number of ether oxygens (including phenoxy) is 1. The first-order chi connectivity index (χ1) is 13.2. The average Bonchev–Trinajstić information content (AvgIpc) is 3.13. The average molecular weight is 414 g/mol. The fourth-order valence-electron chi connectivity index (χ4n) is 2.45. The first-order valence-corrected chi connectivity index (χ1v) is 9.72. The molecule has 5 nitrogen and oxygen atoms in total. The van der Waals surface area contributed by atoms with Crippen LogP contribution in [0.2, 0.25) is 0 Å². The summed E-state index contributed by atoms with van der Waals surface area (Å²) >= 11 is 0.953. The van der Waals surface area contributed by atoms with E-state index in [-0.39, 0.29) is 12.0 Å². The van der Waals surface area contributed by atoms with Gasteiger partial charge < -0.3 is 15.4 Å². The molecule has 28 heavy (non-hydrogen) atoms. The number of alkyl halides is 3. The Hall–Kier alpha value is -2.29. The monoisotopic (exact) mass is 414 g/mol. The van der Waals surface area contributed by atoms with Crippen LogP contribution in [0.5, 0.6) is 5.75 Å². The van der Waals surface area contributed by atoms with Gasteiger partial charge in [0.25, 0.3) is 0 Å². The molecule has 2 N–H and O–H groups in total. The van der Waals surface area contributed by atoms with E-state index in [1.807, 2.05) is 31.2 Å². The van der Waals surface area contributed by atoms with Gasteiger partial charge in [-0.25, -0.2) is 9.98 Å². The number of benzene rings is 1. The van der Waals surface area contributed by atoms with E-state index in [9.17, 15) is 13.2 Å². The third-order valence-electron chi connectivity index (χ3n) is 4.11. The van der Waals surface area contributed by atoms with Crippen molar-refractivity contribution >= 4 is 17.3 Å². The highest BCUT2D eigenvalue weighted by atomic mass is 32.1. The molecule has 2 rings (SSSR count). The van der Waals surface area contributed by atoms with Crippen LogP contribution in [0, 0.1) is 0 Å². The number of nitrogens with zero attached hydrogens (tertiary/aromatic N) is 2. The van der Waals surface area contributed by atoms with Crippen LogP contribution in [0.25, 0.3) is 0 Å². The Kier molecular flexibility index (Phi) is 7.29. The summed E-state index contributed by atoms with van der Waals surface area (Å²) < 4.78 is 43.3. The fourth-order valence-corrected chi connectivity index (χ4v) is 3.18. The first kappa shape index (κ1) is 22.0. The Morgan fingerprint density at radius 1 is 1.25 bits per heavy atom. The fraction of sp³-hybridized carbons (Fsp3) is 0.474. The number of thiazole rings is 1. The zero-order valence-electron chi connectivity index (χ0n) is 16.4. The summed E-state index contributed by atoms with van der Waals surface area (Å²) in [5.74, 6) is 1.32. The van der Waals surface area contributed by atoms with E-state index < -0.39 is 11.9 Å². The lowest BCUT2D eigenvalue weighted by atomic mass is 9.84. The number of aliphatic imine (C=N–C) groups is 1. The number of halogens is 3. The minimum absolute atomic E-state index is 0.0790. The van der Waals surface area contributed by atoms with Crippen molar-refractivity contribution in [1.29, 1.82) is 0 Å². The van der Waals surface area contributed by atoms with Gasteiger partial charge in [0, 0.05) is 23.9 Å². The predicted octanol–water partition coefficient (Wildman–Crippen LogP) is 4.20. The van der Waals surface area contributed by atoms with Gasteiger partial charge in [-0.15, -0.1) is 11.3 Å². The van der Waals surface area contributed by atoms with Gasteiger partial charge in [0.1, 0.15) is 10.8 Å². The quantitative estimate of drug-likeness (QED) is 0.527. The second-order valence-electron chi connectivity index (χ2n) is 6.79. The first-order valence-electron chi connectivity index (χ1n) is 8.84. The van der Waals surface area contributed by atoms with E-state index in [0.717, 1.165) is 28.0 Å². The molecule has 2 aromatic rings. The van der Waals surface area contributed by atoms with Crippen molar-refractivity contribution in [3.8, 4) is 5.75 Å². The minimum atomic E-state index is -4.43. The van der Waals surface area contributed by atoms with Crippen LogP contribution in [0.1, 0.15) is 37.0 Å². The van der Waals surface area contributed by atoms with Gasteiger partial charge in [0.2, 0.25) is 0 Å². The maximum atomic E-state index is 12.7. The Balaban J connectivity index is 2.05. The highest BCUT2D eigenvalue weighted by molar-refractivity contribution is 7.09. The van der Waals surface area contributed by atoms with Gasteiger partial charge in [-0.05, 0) is 24.6 Å². The van der Waals surface area contributed by atoms with Crippen LogP contribution in [-0.2, 0) is 18.1 Å². The molecule has 0 aliphatic carbocycles. The van der Waals surface area contributed by atoms with Gasteiger partial charge in [-0.1, -0.05) is 26.0 Å². The molecule has 0 aliphatic rings. The van der Waals surface area contributed by atoms with Crippen LogP contribution < -0.4 is 15.4 Å². The molecule has 0 radical (unpaired) electrons. The Morgan fingerprint density at radius 2 is 2.00 bits per heavy atom. The van der Waals surface area contributed by atoms with Crippen molar-refractivity contribution in [1.82, 2.24) is 15.6 Å². The molecule has 0 saturated carbocycles. The number of guanidine groups is 1. The summed E-state index contributed by atoms with van der Waals surface area (Å²) in [4.78, 5) is 7.97. The summed E-state index contributed by atoms with van der Waals surface area (Å²) in [5.41, 5.74) is 0.0137. The summed E-state index contributed by atoms with van der Waals surface area (Å²) in [5, 5.41) is 7.69. The van der Waals surface area contributed by atoms with Crippen LogP contribution >= 0.6 is 11.3 Å². The van der Waals surface area contributed by atoms with Gasteiger partial charge in [0.05, 0.1) is 13.7 Å². The van der Waals surface area contributed by atoms with Gasteiger partial charge in [-0.2, -0.15) is 13.2 Å². The summed E-state index contributed by atoms with van der Waals surface area (Å²) in [6.45, 7) is 7.41. The molecule has 0 fully saturated rings. The van der Waals surface area contributed by atoms with Gasteiger partial charge in [-0.3, -0.25) is 0 Å². The molecule has 0 aliphatic heterocycles. The molecule has 1 aromatic carbocycles. The van der Waals surface area contributed by atoms with E-state index in [1.54, 1.807) is 7.11 Å². The van der Waals surface area contributed by atoms with Crippen LogP contribution in [0.4, 0.5) is 13.2 Å². The number of hydrogen-bond donors (Lipinski definition) is 2. The molecule has 1 aromatic heterocycles. The van der Waals surface area contributed by atoms with Gasteiger partial charge in [0.15, 0.2) is 11.7 Å². The topological polar surface area (TPSA) is 58.5 Å². The van der Waals surface area contributed by atoms with Crippen LogP contribution in [-0.4, -0.2) is 31.1 Å². The Bertz CT molecular complexity index is 802. The largest absolute Gasteiger partial charge is 0.497 e. The van der Waals surface area contributed by atoms with Gasteiger partial charge >= 0.3 is 6.18 Å². The van der Waals surface area contributed by atoms with Crippen LogP contribution in [0.3, 0.4) is 0 Å². The summed E-state index contributed by atoms with van der Waals surface area (Å²) in [7, 11) is 1.63. The maximum Gasteiger partial charge on any atom is 0.434 e. The molecule has 0 unspecified atom stereocenters. The molecule has 0 amide bonds. The lowest BCUT2D eigenvalue weighted by molar-refractivity contribution is -0.140. The molecule has 154 valence electrons. The number of rotatable bonds is 7. The normalized spacial score (nSPS) is 12.8. The number of aromatic nitrogens is 1. The molecule has 0 bridgehead atoms. The van der Waals surface area contributed by atoms with Crippen molar-refractivity contribution < 1.29 is 17.9 Å². The number of hydrogen-bond acceptors (Lipinski definition) is 4. The molecule has 0 atom stereocenters. The Morgan fingerprint density at radius 3 is 2.61 bits per heavy atom. The highest BCUT2D eigenvalue weighted by Crippen LogP contribution is 2.30. The molecule has 0 spiro atoms. The maximum absolute atomic E-state index is 12.7. The lowest BCUT2D eigenvalue weighted by Gasteiger charge is -2.27. The highest BCUT2D eigenvalue weighted by Gasteiger charge is 2.33. The second-order valence-corrected chi connectivity index (χ2v) is 7.73. The van der Waals surface area contributed by atoms with Crippen molar-refractivity contribution in [2.24, 2.45) is 4.99 Å². The SMILES string of the molecule is CCNC(=NCc1nc(C(F)(F)F)cs1)NCC(C)(C)c1cccc(OC)c1. The van der Waals surface area contributed by atoms with Crippen LogP contribution in [0.15, 0.2) is 34.6 Å². The zero-order chi connectivity index (χ0) is 20.8. The third-order valence-corrected chi connectivity index (χ3v) is 4.94. The minimum Gasteiger partial charge on any atom is -0.497 e. The van der Waals surface area contributed by atoms with Crippen molar-refractivity contribution in [3.05, 3.63) is 45.9 Å². The molecular formula is C19H25F3N4OS. The van der Waals surface area contributed by atoms with E-state index in [4.69, 9.17) is 4.74 Å². The smallest absolute Gasteiger partial charge is 0.434 e.